The molecule has 24 heavy (non-hydrogen) atoms. The maximum absolute atomic E-state index is 13.1. The van der Waals surface area contributed by atoms with E-state index in [2.05, 4.69) is 43.4 Å². The summed E-state index contributed by atoms with van der Waals surface area (Å²) in [7, 11) is 0. The van der Waals surface area contributed by atoms with E-state index in [1.165, 1.54) is 19.3 Å². The summed E-state index contributed by atoms with van der Waals surface area (Å²) in [6.45, 7) is 2.62. The van der Waals surface area contributed by atoms with Crippen LogP contribution < -0.4 is 0 Å². The quantitative estimate of drug-likeness (QED) is 0.431. The van der Waals surface area contributed by atoms with Gasteiger partial charge < -0.3 is 4.74 Å². The lowest BCUT2D eigenvalue weighted by molar-refractivity contribution is -0.158. The highest BCUT2D eigenvalue weighted by Gasteiger charge is 2.65. The topological polar surface area (TPSA) is 26.3 Å². The number of hydrogen-bond donors (Lipinski definition) is 0. The number of carbonyl (C=O) groups excluding carboxylic acids is 1. The Morgan fingerprint density at radius 2 is 1.96 bits per heavy atom. The van der Waals surface area contributed by atoms with Gasteiger partial charge in [0.2, 0.25) is 0 Å². The summed E-state index contributed by atoms with van der Waals surface area (Å²) in [5, 5.41) is 0. The molecule has 128 valence electrons. The highest BCUT2D eigenvalue weighted by molar-refractivity contribution is 5.80. The Morgan fingerprint density at radius 1 is 1.12 bits per heavy atom. The van der Waals surface area contributed by atoms with Gasteiger partial charge in [-0.1, -0.05) is 43.4 Å². The number of fused-ring (bicyclic) bond motifs is 9. The Morgan fingerprint density at radius 3 is 2.71 bits per heavy atom. The minimum atomic E-state index is -0.389. The molecule has 3 saturated carbocycles. The smallest absolute Gasteiger partial charge is 0.316 e. The molecule has 5 aliphatic rings. The molecule has 0 spiro atoms. The Hall–Kier alpha value is -1.31. The largest absolute Gasteiger partial charge is 0.465 e. The van der Waals surface area contributed by atoms with E-state index in [0.29, 0.717) is 12.5 Å². The average molecular weight is 324 g/mol. The van der Waals surface area contributed by atoms with Crippen molar-refractivity contribution in [1.29, 1.82) is 0 Å². The van der Waals surface area contributed by atoms with Crippen molar-refractivity contribution < 1.29 is 9.53 Å². The van der Waals surface area contributed by atoms with Crippen molar-refractivity contribution in [2.75, 3.05) is 6.61 Å². The number of hydrogen-bond acceptors (Lipinski definition) is 2. The Labute approximate surface area is 145 Å². The molecule has 8 unspecified atom stereocenters. The predicted octanol–water partition coefficient (Wildman–Crippen LogP) is 4.54. The molecule has 5 aliphatic carbocycles. The summed E-state index contributed by atoms with van der Waals surface area (Å²) < 4.78 is 5.69. The number of allylic oxidation sites excluding steroid dienone is 5. The summed E-state index contributed by atoms with van der Waals surface area (Å²) in [6.07, 6.45) is 19.2. The fraction of sp³-hybridized carbons (Fsp3) is 0.682. The number of carbonyl (C=O) groups is 1. The summed E-state index contributed by atoms with van der Waals surface area (Å²) >= 11 is 0. The monoisotopic (exact) mass is 324 g/mol. The van der Waals surface area contributed by atoms with Crippen molar-refractivity contribution in [2.45, 2.75) is 39.0 Å². The number of rotatable bonds is 4. The van der Waals surface area contributed by atoms with Crippen molar-refractivity contribution in [2.24, 2.45) is 46.8 Å². The third kappa shape index (κ3) is 1.86. The van der Waals surface area contributed by atoms with Crippen LogP contribution in [0, 0.1) is 46.8 Å². The van der Waals surface area contributed by atoms with Crippen LogP contribution in [-0.4, -0.2) is 12.6 Å². The molecule has 0 aromatic heterocycles. The lowest BCUT2D eigenvalue weighted by atomic mass is 9.59. The molecule has 3 fully saturated rings. The van der Waals surface area contributed by atoms with Crippen LogP contribution in [0.1, 0.15) is 39.0 Å². The molecule has 0 amide bonds. The maximum atomic E-state index is 13.1. The molecule has 0 heterocycles. The second-order valence-corrected chi connectivity index (χ2v) is 8.77. The lowest BCUT2D eigenvalue weighted by Gasteiger charge is -2.44. The second kappa shape index (κ2) is 5.34. The van der Waals surface area contributed by atoms with Crippen LogP contribution in [0.5, 0.6) is 0 Å². The van der Waals surface area contributed by atoms with E-state index in [9.17, 15) is 4.79 Å². The van der Waals surface area contributed by atoms with E-state index in [4.69, 9.17) is 4.74 Å². The van der Waals surface area contributed by atoms with Gasteiger partial charge in [-0.3, -0.25) is 4.79 Å². The van der Waals surface area contributed by atoms with Gasteiger partial charge in [0.1, 0.15) is 0 Å². The fourth-order valence-corrected chi connectivity index (χ4v) is 7.15. The SMILES string of the molecule is CCCOC(=O)C1(C2CC3CC2C2C4C=CC(C4)C32)C=CC=CC1. The van der Waals surface area contributed by atoms with E-state index in [1.807, 2.05) is 0 Å². The van der Waals surface area contributed by atoms with Crippen LogP contribution in [0.15, 0.2) is 36.5 Å². The molecular weight excluding hydrogens is 296 g/mol. The van der Waals surface area contributed by atoms with Gasteiger partial charge in [0.25, 0.3) is 0 Å². The van der Waals surface area contributed by atoms with Crippen molar-refractivity contribution in [3.63, 3.8) is 0 Å². The zero-order chi connectivity index (χ0) is 16.3. The molecule has 0 aliphatic heterocycles. The molecule has 5 rings (SSSR count). The van der Waals surface area contributed by atoms with Crippen LogP contribution in [0.25, 0.3) is 0 Å². The first-order valence-corrected chi connectivity index (χ1v) is 9.94. The van der Waals surface area contributed by atoms with Gasteiger partial charge in [-0.2, -0.15) is 0 Å². The first kappa shape index (κ1) is 15.0. The fourth-order valence-electron chi connectivity index (χ4n) is 7.15. The minimum absolute atomic E-state index is 0.0396. The van der Waals surface area contributed by atoms with Gasteiger partial charge in [0.15, 0.2) is 0 Å². The molecular formula is C22H28O2. The van der Waals surface area contributed by atoms with Gasteiger partial charge >= 0.3 is 5.97 Å². The van der Waals surface area contributed by atoms with Gasteiger partial charge in [0.05, 0.1) is 12.0 Å². The maximum Gasteiger partial charge on any atom is 0.316 e. The summed E-state index contributed by atoms with van der Waals surface area (Å²) in [6, 6.07) is 0. The summed E-state index contributed by atoms with van der Waals surface area (Å²) in [5.74, 6) is 5.52. The van der Waals surface area contributed by atoms with Gasteiger partial charge in [-0.15, -0.1) is 0 Å². The van der Waals surface area contributed by atoms with Crippen molar-refractivity contribution in [3.05, 3.63) is 36.5 Å². The van der Waals surface area contributed by atoms with Crippen LogP contribution in [0.3, 0.4) is 0 Å². The molecule has 0 N–H and O–H groups in total. The van der Waals surface area contributed by atoms with E-state index >= 15 is 0 Å². The van der Waals surface area contributed by atoms with E-state index < -0.39 is 0 Å². The molecule has 0 radical (unpaired) electrons. The van der Waals surface area contributed by atoms with Crippen LogP contribution in [0.4, 0.5) is 0 Å². The Bertz CT molecular complexity index is 630. The van der Waals surface area contributed by atoms with E-state index in [-0.39, 0.29) is 11.4 Å². The highest BCUT2D eigenvalue weighted by Crippen LogP contribution is 2.70. The van der Waals surface area contributed by atoms with Gasteiger partial charge in [-0.25, -0.2) is 0 Å². The van der Waals surface area contributed by atoms with Crippen LogP contribution in [-0.2, 0) is 9.53 Å². The number of esters is 1. The van der Waals surface area contributed by atoms with Crippen LogP contribution in [0.2, 0.25) is 0 Å². The Kier molecular flexibility index (Phi) is 3.34. The molecule has 0 saturated heterocycles. The normalized spacial score (nSPS) is 49.8. The third-order valence-corrected chi connectivity index (χ3v) is 7.85. The average Bonchev–Trinajstić information content (AvgIpc) is 3.38. The van der Waals surface area contributed by atoms with Crippen molar-refractivity contribution in [1.82, 2.24) is 0 Å². The molecule has 2 heteroatoms. The highest BCUT2D eigenvalue weighted by atomic mass is 16.5. The van der Waals surface area contributed by atoms with E-state index in [0.717, 1.165) is 48.3 Å². The molecule has 0 aromatic carbocycles. The second-order valence-electron chi connectivity index (χ2n) is 8.77. The zero-order valence-corrected chi connectivity index (χ0v) is 14.6. The first-order chi connectivity index (χ1) is 11.7. The standard InChI is InChI=1S/C22H28O2/c1-2-10-24-21(23)22(8-4-3-5-9-22)18-13-16-12-17(18)20-15-7-6-14(11-15)19(16)20/h3-8,14-20H,2,9-13H2,1H3. The van der Waals surface area contributed by atoms with E-state index in [1.54, 1.807) is 0 Å². The van der Waals surface area contributed by atoms with Crippen molar-refractivity contribution >= 4 is 5.97 Å². The third-order valence-electron chi connectivity index (χ3n) is 7.85. The van der Waals surface area contributed by atoms with Crippen molar-refractivity contribution in [3.8, 4) is 0 Å². The minimum Gasteiger partial charge on any atom is -0.465 e. The zero-order valence-electron chi connectivity index (χ0n) is 14.6. The summed E-state index contributed by atoms with van der Waals surface area (Å²) in [4.78, 5) is 13.1. The molecule has 0 aromatic rings. The molecule has 8 atom stereocenters. The van der Waals surface area contributed by atoms with Gasteiger partial charge in [0, 0.05) is 0 Å². The molecule has 4 bridgehead atoms. The Balaban J connectivity index is 1.46. The summed E-state index contributed by atoms with van der Waals surface area (Å²) in [5.41, 5.74) is -0.389. The lowest BCUT2D eigenvalue weighted by Crippen LogP contribution is -2.45. The predicted molar refractivity (Wildman–Crippen MR) is 94.0 cm³/mol. The molecule has 2 nitrogen and oxygen atoms in total. The first-order valence-electron chi connectivity index (χ1n) is 9.94. The van der Waals surface area contributed by atoms with Crippen LogP contribution >= 0.6 is 0 Å². The van der Waals surface area contributed by atoms with Gasteiger partial charge in [-0.05, 0) is 73.5 Å². The number of ether oxygens (including phenoxy) is 1.